The second kappa shape index (κ2) is 19.4. The Morgan fingerprint density at radius 3 is 1.19 bits per heavy atom. The largest absolute Gasteiger partial charge is 0.456 e. The van der Waals surface area contributed by atoms with Crippen molar-refractivity contribution in [3.63, 3.8) is 0 Å². The van der Waals surface area contributed by atoms with Crippen LogP contribution in [0.5, 0.6) is 0 Å². The van der Waals surface area contributed by atoms with Gasteiger partial charge in [0.2, 0.25) is 0 Å². The Hall–Kier alpha value is -10.9. The van der Waals surface area contributed by atoms with Crippen molar-refractivity contribution in [2.24, 2.45) is 0 Å². The molecule has 0 spiro atoms. The summed E-state index contributed by atoms with van der Waals surface area (Å²) in [6, 6.07) is 99.4. The topological polar surface area (TPSA) is 45.9 Å². The lowest BCUT2D eigenvalue weighted by molar-refractivity contribution is 0.667. The maximum atomic E-state index is 7.26. The van der Waals surface area contributed by atoms with Crippen molar-refractivity contribution in [2.75, 3.05) is 9.80 Å². The van der Waals surface area contributed by atoms with E-state index in [-0.39, 0.29) is 0 Å². The number of furan rings is 3. The van der Waals surface area contributed by atoms with Gasteiger partial charge in [-0.15, -0.1) is 0 Å². The summed E-state index contributed by atoms with van der Waals surface area (Å²) >= 11 is 0. The first-order chi connectivity index (χ1) is 41.0. The van der Waals surface area contributed by atoms with E-state index < -0.39 is 0 Å². The zero-order valence-electron chi connectivity index (χ0n) is 45.7. The Bertz CT molecular complexity index is 5170. The van der Waals surface area contributed by atoms with Crippen molar-refractivity contribution in [1.82, 2.24) is 0 Å². The fourth-order valence-electron chi connectivity index (χ4n) is 12.8. The molecule has 0 N–H and O–H groups in total. The molecule has 0 aliphatic carbocycles. The Morgan fingerprint density at radius 1 is 0.241 bits per heavy atom. The van der Waals surface area contributed by atoms with E-state index in [1.54, 1.807) is 0 Å². The highest BCUT2D eigenvalue weighted by Gasteiger charge is 2.27. The first kappa shape index (κ1) is 48.1. The summed E-state index contributed by atoms with van der Waals surface area (Å²) in [5, 5.41) is 8.48. The Balaban J connectivity index is 0.899. The third-order valence-corrected chi connectivity index (χ3v) is 16.8. The summed E-state index contributed by atoms with van der Waals surface area (Å²) in [4.78, 5) is 4.66. The molecular weight excluding hydrogens is 1010 g/mol. The molecule has 83 heavy (non-hydrogen) atoms. The highest BCUT2D eigenvalue weighted by molar-refractivity contribution is 6.24. The van der Waals surface area contributed by atoms with E-state index >= 15 is 0 Å². The molecule has 3 aromatic heterocycles. The summed E-state index contributed by atoms with van der Waals surface area (Å²) < 4.78 is 21.6. The van der Waals surface area contributed by atoms with Gasteiger partial charge in [-0.2, -0.15) is 0 Å². The van der Waals surface area contributed by atoms with Crippen molar-refractivity contribution in [2.45, 2.75) is 13.8 Å². The lowest BCUT2D eigenvalue weighted by Crippen LogP contribution is -2.11. The molecule has 0 saturated carbocycles. The van der Waals surface area contributed by atoms with Crippen molar-refractivity contribution in [1.29, 1.82) is 0 Å². The van der Waals surface area contributed by atoms with Crippen LogP contribution >= 0.6 is 0 Å². The number of anilines is 6. The zero-order chi connectivity index (χ0) is 55.1. The molecule has 0 radical (unpaired) electrons. The summed E-state index contributed by atoms with van der Waals surface area (Å²) in [5.41, 5.74) is 22.0. The summed E-state index contributed by atoms with van der Waals surface area (Å²) in [5.74, 6) is 0. The van der Waals surface area contributed by atoms with Gasteiger partial charge in [0.1, 0.15) is 22.3 Å². The molecular formula is C78H52N2O3. The molecule has 16 rings (SSSR count). The highest BCUT2D eigenvalue weighted by atomic mass is 16.3. The number of hydrogen-bond acceptors (Lipinski definition) is 5. The normalized spacial score (nSPS) is 11.7. The van der Waals surface area contributed by atoms with Crippen molar-refractivity contribution >= 4 is 111 Å². The van der Waals surface area contributed by atoms with E-state index in [2.05, 4.69) is 303 Å². The Morgan fingerprint density at radius 2 is 0.651 bits per heavy atom. The van der Waals surface area contributed by atoms with Crippen LogP contribution in [0, 0.1) is 13.8 Å². The fourth-order valence-corrected chi connectivity index (χ4v) is 12.8. The minimum atomic E-state index is 0.770. The average molecular weight is 1070 g/mol. The maximum absolute atomic E-state index is 7.26. The van der Waals surface area contributed by atoms with Gasteiger partial charge < -0.3 is 23.1 Å². The fraction of sp³-hybridized carbons (Fsp3) is 0.0256. The SMILES string of the molecule is Cc1ccccc1-c1cccc2c1oc1c(N(c3ccc(-c4ccccc4)cc3)c3ccc4c(c3)oc3cc(N(c5ccc(-c6ccccc6)cc5)c5cccc6c5oc5c(-c7ccccc7C)cccc56)c5ccccc5c34)cccc12. The van der Waals surface area contributed by atoms with Gasteiger partial charge in [0, 0.05) is 72.3 Å². The maximum Gasteiger partial charge on any atom is 0.159 e. The van der Waals surface area contributed by atoms with Gasteiger partial charge in [-0.05, 0) is 112 Å². The molecule has 16 aromatic rings. The molecule has 0 unspecified atom stereocenters. The van der Waals surface area contributed by atoms with E-state index in [9.17, 15) is 0 Å². The van der Waals surface area contributed by atoms with Crippen LogP contribution in [0.15, 0.2) is 292 Å². The lowest BCUT2D eigenvalue weighted by Gasteiger charge is -2.27. The number of hydrogen-bond donors (Lipinski definition) is 0. The van der Waals surface area contributed by atoms with Gasteiger partial charge in [0.05, 0.1) is 22.7 Å². The molecule has 0 aliphatic heterocycles. The number of nitrogens with zero attached hydrogens (tertiary/aromatic N) is 2. The minimum absolute atomic E-state index is 0.770. The Kier molecular flexibility index (Phi) is 11.3. The molecule has 5 nitrogen and oxygen atoms in total. The lowest BCUT2D eigenvalue weighted by atomic mass is 9.98. The van der Waals surface area contributed by atoms with Gasteiger partial charge in [-0.3, -0.25) is 0 Å². The average Bonchev–Trinajstić information content (AvgIpc) is 2.40. The van der Waals surface area contributed by atoms with Crippen LogP contribution in [0.25, 0.3) is 121 Å². The number of aryl methyl sites for hydroxylation is 2. The first-order valence-corrected chi connectivity index (χ1v) is 28.3. The number of rotatable bonds is 10. The van der Waals surface area contributed by atoms with Gasteiger partial charge in [-0.25, -0.2) is 0 Å². The molecule has 392 valence electrons. The number of benzene rings is 13. The Labute approximate surface area is 479 Å². The van der Waals surface area contributed by atoms with Crippen LogP contribution in [0.3, 0.4) is 0 Å². The van der Waals surface area contributed by atoms with Crippen LogP contribution in [-0.2, 0) is 0 Å². The quantitative estimate of drug-likeness (QED) is 0.137. The molecule has 0 bridgehead atoms. The molecule has 5 heteroatoms. The molecule has 0 amide bonds. The van der Waals surface area contributed by atoms with Crippen LogP contribution < -0.4 is 9.80 Å². The summed E-state index contributed by atoms with van der Waals surface area (Å²) in [6.45, 7) is 4.32. The van der Waals surface area contributed by atoms with Crippen molar-refractivity contribution in [3.05, 3.63) is 290 Å². The smallest absolute Gasteiger partial charge is 0.159 e. The number of para-hydroxylation sites is 4. The zero-order valence-corrected chi connectivity index (χ0v) is 45.7. The van der Waals surface area contributed by atoms with E-state index in [0.29, 0.717) is 0 Å². The van der Waals surface area contributed by atoms with E-state index in [0.717, 1.165) is 155 Å². The molecule has 0 fully saturated rings. The monoisotopic (exact) mass is 1060 g/mol. The van der Waals surface area contributed by atoms with E-state index in [1.807, 2.05) is 0 Å². The predicted octanol–water partition coefficient (Wildman–Crippen LogP) is 22.8. The van der Waals surface area contributed by atoms with Crippen molar-refractivity contribution in [3.8, 4) is 44.5 Å². The van der Waals surface area contributed by atoms with Crippen LogP contribution in [0.2, 0.25) is 0 Å². The predicted molar refractivity (Wildman–Crippen MR) is 346 cm³/mol. The van der Waals surface area contributed by atoms with Gasteiger partial charge in [0.15, 0.2) is 11.2 Å². The van der Waals surface area contributed by atoms with Gasteiger partial charge >= 0.3 is 0 Å². The first-order valence-electron chi connectivity index (χ1n) is 28.3. The number of fused-ring (bicyclic) bond motifs is 11. The van der Waals surface area contributed by atoms with Crippen LogP contribution in [0.4, 0.5) is 34.1 Å². The van der Waals surface area contributed by atoms with Crippen molar-refractivity contribution < 1.29 is 13.3 Å². The molecule has 0 atom stereocenters. The second-order valence-electron chi connectivity index (χ2n) is 21.6. The molecule has 0 aliphatic rings. The molecule has 13 aromatic carbocycles. The van der Waals surface area contributed by atoms with E-state index in [4.69, 9.17) is 13.3 Å². The summed E-state index contributed by atoms with van der Waals surface area (Å²) in [6.07, 6.45) is 0. The van der Waals surface area contributed by atoms with Gasteiger partial charge in [-0.1, -0.05) is 218 Å². The third kappa shape index (κ3) is 7.92. The molecule has 0 saturated heterocycles. The summed E-state index contributed by atoms with van der Waals surface area (Å²) in [7, 11) is 0. The standard InChI is InChI=1S/C78H52N2O3/c1-49-19-9-11-25-58(49)62-29-15-31-64-66-33-17-35-69(77(66)82-75(62)64)79(55-41-37-53(38-42-55)51-21-5-3-6-22-51)57-45-46-68-72(47-57)81-73-48-71(60-27-13-14-28-61(60)74(68)73)80(56-43-39-54(40-44-56)52-23-7-4-8-24-52)70-36-18-34-67-65-32-16-30-63(76(65)83-78(67)70)59-26-12-10-20-50(59)2/h3-48H,1-2H3. The highest BCUT2D eigenvalue weighted by Crippen LogP contribution is 2.51. The van der Waals surface area contributed by atoms with Crippen LogP contribution in [-0.4, -0.2) is 0 Å². The van der Waals surface area contributed by atoms with E-state index in [1.165, 1.54) is 11.1 Å². The molecule has 3 heterocycles. The van der Waals surface area contributed by atoms with Crippen LogP contribution in [0.1, 0.15) is 11.1 Å². The van der Waals surface area contributed by atoms with Gasteiger partial charge in [0.25, 0.3) is 0 Å². The minimum Gasteiger partial charge on any atom is -0.456 e. The third-order valence-electron chi connectivity index (χ3n) is 16.8. The second-order valence-corrected chi connectivity index (χ2v) is 21.6.